The minimum absolute atomic E-state index is 0.0972. The van der Waals surface area contributed by atoms with Crippen LogP contribution in [0.3, 0.4) is 0 Å². The molecule has 0 saturated heterocycles. The summed E-state index contributed by atoms with van der Waals surface area (Å²) in [5.41, 5.74) is 3.71. The van der Waals surface area contributed by atoms with Crippen LogP contribution in [0.25, 0.3) is 0 Å². The summed E-state index contributed by atoms with van der Waals surface area (Å²) < 4.78 is 25.9. The average molecular weight is 176 g/mol. The molecule has 0 radical (unpaired) electrons. The Bertz CT molecular complexity index is 268. The Morgan fingerprint density at radius 3 is 2.58 bits per heavy atom. The van der Waals surface area contributed by atoms with Gasteiger partial charge >= 0.3 is 0 Å². The van der Waals surface area contributed by atoms with Crippen molar-refractivity contribution in [2.75, 3.05) is 0 Å². The normalized spacial score (nSPS) is 16.5. The van der Waals surface area contributed by atoms with Crippen molar-refractivity contribution >= 4 is 0 Å². The Morgan fingerprint density at radius 2 is 2.25 bits per heavy atom. The Hall–Kier alpha value is -1.04. The van der Waals surface area contributed by atoms with Gasteiger partial charge in [-0.25, -0.2) is 8.78 Å². The van der Waals surface area contributed by atoms with Crippen LogP contribution in [-0.4, -0.2) is 21.4 Å². The second-order valence-electron chi connectivity index (χ2n) is 2.86. The van der Waals surface area contributed by atoms with E-state index >= 15 is 0 Å². The van der Waals surface area contributed by atoms with E-state index in [0.717, 1.165) is 0 Å². The molecule has 12 heavy (non-hydrogen) atoms. The molecule has 1 aromatic rings. The van der Waals surface area contributed by atoms with Gasteiger partial charge in [-0.1, -0.05) is 5.21 Å². The summed E-state index contributed by atoms with van der Waals surface area (Å²) >= 11 is 0. The number of alkyl halides is 2. The smallest absolute Gasteiger partial charge is 0.261 e. The maximum absolute atomic E-state index is 12.3. The fourth-order valence-corrected chi connectivity index (χ4v) is 0.706. The third-order valence-corrected chi connectivity index (χ3v) is 1.61. The molecule has 1 rings (SSSR count). The second kappa shape index (κ2) is 2.78. The quantitative estimate of drug-likeness (QED) is 0.702. The van der Waals surface area contributed by atoms with E-state index in [1.807, 2.05) is 0 Å². The first kappa shape index (κ1) is 9.05. The van der Waals surface area contributed by atoms with E-state index in [0.29, 0.717) is 0 Å². The maximum atomic E-state index is 12.3. The number of hydrogen-bond acceptors (Lipinski definition) is 3. The molecule has 1 atom stereocenters. The van der Waals surface area contributed by atoms with Gasteiger partial charge in [0, 0.05) is 7.05 Å². The Morgan fingerprint density at radius 1 is 1.67 bits per heavy atom. The van der Waals surface area contributed by atoms with Crippen LogP contribution in [0, 0.1) is 0 Å². The van der Waals surface area contributed by atoms with Crippen LogP contribution in [0.2, 0.25) is 0 Å². The Labute approximate surface area is 68.4 Å². The fourth-order valence-electron chi connectivity index (χ4n) is 0.706. The van der Waals surface area contributed by atoms with Crippen LogP contribution in [0.1, 0.15) is 12.6 Å². The molecule has 0 saturated carbocycles. The number of aromatic nitrogens is 3. The number of nitrogens with zero attached hydrogens (tertiary/aromatic N) is 3. The molecule has 6 heteroatoms. The maximum Gasteiger partial charge on any atom is 0.261 e. The molecule has 1 heterocycles. The van der Waals surface area contributed by atoms with Gasteiger partial charge in [-0.15, -0.1) is 5.10 Å². The summed E-state index contributed by atoms with van der Waals surface area (Å²) in [5.74, 6) is 0. The highest BCUT2D eigenvalue weighted by atomic mass is 19.3. The predicted octanol–water partition coefficient (Wildman–Crippen LogP) is 0.254. The zero-order valence-corrected chi connectivity index (χ0v) is 6.83. The number of nitrogens with two attached hydrogens (primary N) is 1. The number of aryl methyl sites for hydroxylation is 1. The molecule has 0 aromatic carbocycles. The van der Waals surface area contributed by atoms with Gasteiger partial charge in [0.2, 0.25) is 0 Å². The first-order valence-electron chi connectivity index (χ1n) is 3.38. The Kier molecular flexibility index (Phi) is 2.10. The van der Waals surface area contributed by atoms with Crippen molar-refractivity contribution < 1.29 is 8.78 Å². The Balaban J connectivity index is 2.97. The highest BCUT2D eigenvalue weighted by Gasteiger charge is 2.35. The highest BCUT2D eigenvalue weighted by Crippen LogP contribution is 2.22. The number of halogens is 2. The zero-order chi connectivity index (χ0) is 9.35. The lowest BCUT2D eigenvalue weighted by atomic mass is 10.0. The summed E-state index contributed by atoms with van der Waals surface area (Å²) in [4.78, 5) is 0. The van der Waals surface area contributed by atoms with Crippen molar-refractivity contribution in [2.45, 2.75) is 18.9 Å². The first-order valence-corrected chi connectivity index (χ1v) is 3.38. The molecule has 0 aliphatic carbocycles. The first-order chi connectivity index (χ1) is 5.44. The lowest BCUT2D eigenvalue weighted by Gasteiger charge is -2.19. The van der Waals surface area contributed by atoms with Crippen molar-refractivity contribution in [1.29, 1.82) is 0 Å². The second-order valence-corrected chi connectivity index (χ2v) is 2.86. The lowest BCUT2D eigenvalue weighted by molar-refractivity contribution is 0.0601. The van der Waals surface area contributed by atoms with Gasteiger partial charge in [-0.05, 0) is 6.92 Å². The zero-order valence-electron chi connectivity index (χ0n) is 6.83. The minimum atomic E-state index is -2.64. The number of hydrogen-bond donors (Lipinski definition) is 1. The van der Waals surface area contributed by atoms with Gasteiger partial charge < -0.3 is 5.73 Å². The van der Waals surface area contributed by atoms with E-state index in [-0.39, 0.29) is 5.69 Å². The van der Waals surface area contributed by atoms with E-state index in [1.165, 1.54) is 17.8 Å². The monoisotopic (exact) mass is 176 g/mol. The van der Waals surface area contributed by atoms with Gasteiger partial charge in [-0.3, -0.25) is 4.68 Å². The molecule has 0 aliphatic heterocycles. The number of rotatable bonds is 2. The average Bonchev–Trinajstić information content (AvgIpc) is 2.35. The fraction of sp³-hybridized carbons (Fsp3) is 0.667. The molecular weight excluding hydrogens is 166 g/mol. The summed E-state index contributed by atoms with van der Waals surface area (Å²) in [6.07, 6.45) is -1.26. The summed E-state index contributed by atoms with van der Waals surface area (Å²) in [6, 6.07) is 0. The van der Waals surface area contributed by atoms with Gasteiger partial charge in [-0.2, -0.15) is 0 Å². The van der Waals surface area contributed by atoms with Crippen molar-refractivity contribution in [1.82, 2.24) is 15.0 Å². The summed E-state index contributed by atoms with van der Waals surface area (Å²) in [6.45, 7) is 1.22. The van der Waals surface area contributed by atoms with E-state index in [9.17, 15) is 8.78 Å². The molecule has 0 bridgehead atoms. The molecule has 1 unspecified atom stereocenters. The molecule has 0 amide bonds. The molecule has 68 valence electrons. The molecule has 0 spiro atoms. The van der Waals surface area contributed by atoms with E-state index in [4.69, 9.17) is 5.73 Å². The van der Waals surface area contributed by atoms with E-state index in [1.54, 1.807) is 7.05 Å². The van der Waals surface area contributed by atoms with Gasteiger partial charge in [0.25, 0.3) is 6.43 Å². The molecule has 0 fully saturated rings. The van der Waals surface area contributed by atoms with Gasteiger partial charge in [0.05, 0.1) is 6.20 Å². The van der Waals surface area contributed by atoms with Crippen molar-refractivity contribution in [3.63, 3.8) is 0 Å². The third kappa shape index (κ3) is 1.42. The molecule has 2 N–H and O–H groups in total. The largest absolute Gasteiger partial charge is 0.316 e. The van der Waals surface area contributed by atoms with E-state index < -0.39 is 12.0 Å². The highest BCUT2D eigenvalue weighted by molar-refractivity contribution is 5.08. The van der Waals surface area contributed by atoms with Crippen LogP contribution >= 0.6 is 0 Å². The van der Waals surface area contributed by atoms with Crippen LogP contribution in [0.4, 0.5) is 8.78 Å². The minimum Gasteiger partial charge on any atom is -0.316 e. The van der Waals surface area contributed by atoms with Crippen molar-refractivity contribution in [3.8, 4) is 0 Å². The molecular formula is C6H10F2N4. The lowest BCUT2D eigenvalue weighted by Crippen LogP contribution is -2.41. The molecule has 1 aromatic heterocycles. The van der Waals surface area contributed by atoms with Gasteiger partial charge in [0.15, 0.2) is 0 Å². The van der Waals surface area contributed by atoms with Crippen LogP contribution in [0.5, 0.6) is 0 Å². The predicted molar refractivity (Wildman–Crippen MR) is 38.5 cm³/mol. The summed E-state index contributed by atoms with van der Waals surface area (Å²) in [5, 5.41) is 7.04. The molecule has 0 aliphatic rings. The van der Waals surface area contributed by atoms with Crippen molar-refractivity contribution in [2.24, 2.45) is 12.8 Å². The topological polar surface area (TPSA) is 56.7 Å². The SMILES string of the molecule is Cn1cc(C(C)(N)C(F)F)nn1. The van der Waals surface area contributed by atoms with Crippen LogP contribution in [0.15, 0.2) is 6.20 Å². The van der Waals surface area contributed by atoms with Crippen molar-refractivity contribution in [3.05, 3.63) is 11.9 Å². The molecule has 4 nitrogen and oxygen atoms in total. The summed E-state index contributed by atoms with van der Waals surface area (Å²) in [7, 11) is 1.60. The standard InChI is InChI=1S/C6H10F2N4/c1-6(9,5(7)8)4-3-12(2)11-10-4/h3,5H,9H2,1-2H3. The third-order valence-electron chi connectivity index (χ3n) is 1.61. The van der Waals surface area contributed by atoms with Gasteiger partial charge in [0.1, 0.15) is 11.2 Å². The van der Waals surface area contributed by atoms with Crippen LogP contribution in [-0.2, 0) is 12.6 Å². The van der Waals surface area contributed by atoms with Crippen LogP contribution < -0.4 is 5.73 Å². The van der Waals surface area contributed by atoms with E-state index in [2.05, 4.69) is 10.3 Å².